The second-order valence-electron chi connectivity index (χ2n) is 13.0. The van der Waals surface area contributed by atoms with Crippen LogP contribution in [0.25, 0.3) is 5.69 Å². The summed E-state index contributed by atoms with van der Waals surface area (Å²) in [7, 11) is -3.63. The highest BCUT2D eigenvalue weighted by Crippen LogP contribution is 2.34. The topological polar surface area (TPSA) is 115 Å². The van der Waals surface area contributed by atoms with Crippen LogP contribution in [0.3, 0.4) is 0 Å². The Morgan fingerprint density at radius 1 is 0.913 bits per heavy atom. The van der Waals surface area contributed by atoms with E-state index >= 15 is 0 Å². The van der Waals surface area contributed by atoms with Gasteiger partial charge in [0.2, 0.25) is 10.0 Å². The van der Waals surface area contributed by atoms with Crippen molar-refractivity contribution in [2.45, 2.75) is 57.3 Å². The number of ether oxygens (including phenoxy) is 2. The number of rotatable bonds is 7. The Hall–Kier alpha value is -4.35. The lowest BCUT2D eigenvalue weighted by atomic mass is 9.91. The number of fused-ring (bicyclic) bond motifs is 1. The third-order valence-electron chi connectivity index (χ3n) is 8.43. The van der Waals surface area contributed by atoms with Crippen LogP contribution in [-0.2, 0) is 21.9 Å². The summed E-state index contributed by atoms with van der Waals surface area (Å²) < 4.78 is 41.2. The molecule has 4 aromatic rings. The Balaban J connectivity index is 1.07. The smallest absolute Gasteiger partial charge is 0.324 e. The molecule has 1 saturated heterocycles. The van der Waals surface area contributed by atoms with E-state index in [2.05, 4.69) is 31.4 Å². The molecule has 3 heterocycles. The second kappa shape index (κ2) is 12.8. The number of amides is 2. The fraction of sp³-hybridized carbons (Fsp3) is 0.371. The molecule has 10 nitrogen and oxygen atoms in total. The highest BCUT2D eigenvalue weighted by atomic mass is 32.2. The van der Waals surface area contributed by atoms with Crippen LogP contribution in [0.5, 0.6) is 11.5 Å². The molecule has 2 aliphatic rings. The number of anilines is 2. The van der Waals surface area contributed by atoms with Gasteiger partial charge in [-0.15, -0.1) is 0 Å². The Bertz CT molecular complexity index is 1820. The maximum absolute atomic E-state index is 13.4. The predicted molar refractivity (Wildman–Crippen MR) is 179 cm³/mol. The second-order valence-corrected chi connectivity index (χ2v) is 15.0. The number of nitrogens with one attached hydrogen (secondary N) is 2. The Morgan fingerprint density at radius 3 is 2.35 bits per heavy atom. The molecule has 3 aromatic carbocycles. The van der Waals surface area contributed by atoms with Crippen LogP contribution in [0.2, 0.25) is 0 Å². The number of benzene rings is 3. The van der Waals surface area contributed by atoms with E-state index in [0.717, 1.165) is 41.8 Å². The number of nitrogens with zero attached hydrogens (tertiary/aromatic N) is 3. The highest BCUT2D eigenvalue weighted by molar-refractivity contribution is 7.89. The molecule has 242 valence electrons. The Morgan fingerprint density at radius 2 is 1.63 bits per heavy atom. The molecule has 11 heteroatoms. The lowest BCUT2D eigenvalue weighted by molar-refractivity contribution is 0.171. The van der Waals surface area contributed by atoms with Gasteiger partial charge in [0.1, 0.15) is 19.0 Å². The number of aryl methyl sites for hydroxylation is 1. The number of sulfonamides is 1. The molecule has 0 atom stereocenters. The van der Waals surface area contributed by atoms with E-state index in [-0.39, 0.29) is 16.3 Å². The molecule has 0 radical (unpaired) electrons. The van der Waals surface area contributed by atoms with Crippen molar-refractivity contribution in [3.05, 3.63) is 89.6 Å². The Kier molecular flexibility index (Phi) is 8.80. The van der Waals surface area contributed by atoms with Crippen molar-refractivity contribution in [2.24, 2.45) is 5.92 Å². The highest BCUT2D eigenvalue weighted by Gasteiger charge is 2.31. The zero-order valence-electron chi connectivity index (χ0n) is 26.7. The first-order valence-electron chi connectivity index (χ1n) is 15.7. The normalized spacial score (nSPS) is 15.8. The van der Waals surface area contributed by atoms with Crippen LogP contribution >= 0.6 is 0 Å². The van der Waals surface area contributed by atoms with Gasteiger partial charge in [-0.1, -0.05) is 50.6 Å². The molecule has 0 spiro atoms. The van der Waals surface area contributed by atoms with E-state index in [1.54, 1.807) is 27.2 Å². The zero-order chi connectivity index (χ0) is 32.5. The van der Waals surface area contributed by atoms with Gasteiger partial charge in [0.15, 0.2) is 11.5 Å². The maximum Gasteiger partial charge on any atom is 0.324 e. The zero-order valence-corrected chi connectivity index (χ0v) is 27.6. The van der Waals surface area contributed by atoms with E-state index in [1.807, 2.05) is 61.5 Å². The molecule has 6 rings (SSSR count). The van der Waals surface area contributed by atoms with E-state index < -0.39 is 10.0 Å². The fourth-order valence-corrected chi connectivity index (χ4v) is 7.28. The number of piperidine rings is 1. The SMILES string of the molecule is Cc1ccc(-n2nc(C(C)(C)C)cc2NC(=O)Nc2cccc(CC3CCN(S(=O)(=O)c4ccc5c(c4)OCCO5)CC3)c2)cc1. The quantitative estimate of drug-likeness (QED) is 0.237. The summed E-state index contributed by atoms with van der Waals surface area (Å²) in [5, 5.41) is 10.8. The molecule has 46 heavy (non-hydrogen) atoms. The van der Waals surface area contributed by atoms with Gasteiger partial charge in [-0.3, -0.25) is 5.32 Å². The lowest BCUT2D eigenvalue weighted by Crippen LogP contribution is -2.38. The molecule has 2 aliphatic heterocycles. The first kappa shape index (κ1) is 31.6. The summed E-state index contributed by atoms with van der Waals surface area (Å²) in [5.74, 6) is 1.95. The van der Waals surface area contributed by atoms with Crippen molar-refractivity contribution in [1.82, 2.24) is 14.1 Å². The van der Waals surface area contributed by atoms with Crippen LogP contribution in [0.4, 0.5) is 16.3 Å². The molecule has 1 fully saturated rings. The predicted octanol–water partition coefficient (Wildman–Crippen LogP) is 6.54. The van der Waals surface area contributed by atoms with Crippen molar-refractivity contribution in [2.75, 3.05) is 36.9 Å². The van der Waals surface area contributed by atoms with Gasteiger partial charge in [0.25, 0.3) is 0 Å². The number of aromatic nitrogens is 2. The summed E-state index contributed by atoms with van der Waals surface area (Å²) in [4.78, 5) is 13.4. The summed E-state index contributed by atoms with van der Waals surface area (Å²) in [6.07, 6.45) is 2.30. The van der Waals surface area contributed by atoms with Crippen molar-refractivity contribution in [3.63, 3.8) is 0 Å². The van der Waals surface area contributed by atoms with E-state index in [9.17, 15) is 13.2 Å². The molecular formula is C35H41N5O5S. The van der Waals surface area contributed by atoms with Gasteiger partial charge in [-0.25, -0.2) is 17.9 Å². The first-order valence-corrected chi connectivity index (χ1v) is 17.1. The van der Waals surface area contributed by atoms with Crippen LogP contribution in [0.15, 0.2) is 77.7 Å². The number of urea groups is 1. The molecule has 2 N–H and O–H groups in total. The minimum absolute atomic E-state index is 0.192. The van der Waals surface area contributed by atoms with Crippen LogP contribution in [0.1, 0.15) is 50.4 Å². The minimum Gasteiger partial charge on any atom is -0.486 e. The lowest BCUT2D eigenvalue weighted by Gasteiger charge is -2.31. The van der Waals surface area contributed by atoms with Gasteiger partial charge in [0, 0.05) is 36.3 Å². The molecule has 1 aromatic heterocycles. The number of hydrogen-bond acceptors (Lipinski definition) is 6. The van der Waals surface area contributed by atoms with Gasteiger partial charge in [-0.2, -0.15) is 9.40 Å². The third-order valence-corrected chi connectivity index (χ3v) is 10.3. The summed E-state index contributed by atoms with van der Waals surface area (Å²) in [5.41, 5.74) is 4.46. The van der Waals surface area contributed by atoms with Crippen molar-refractivity contribution < 1.29 is 22.7 Å². The summed E-state index contributed by atoms with van der Waals surface area (Å²) >= 11 is 0. The fourth-order valence-electron chi connectivity index (χ4n) is 5.79. The van der Waals surface area contributed by atoms with Crippen molar-refractivity contribution in [1.29, 1.82) is 0 Å². The average molecular weight is 644 g/mol. The number of carbonyl (C=O) groups excluding carboxylic acids is 1. The summed E-state index contributed by atoms with van der Waals surface area (Å²) in [6, 6.07) is 22.2. The standard InChI is InChI=1S/C35H41N5O5S/c1-24-8-10-28(11-9-24)40-33(23-32(38-40)35(2,3)4)37-34(41)36-27-7-5-6-26(21-27)20-25-14-16-39(17-15-25)46(42,43)29-12-13-30-31(22-29)45-19-18-44-30/h5-13,21-23,25H,14-20H2,1-4H3,(H2,36,37,41). The van der Waals surface area contributed by atoms with E-state index in [1.165, 1.54) is 0 Å². The Labute approximate surface area is 270 Å². The average Bonchev–Trinajstić information content (AvgIpc) is 3.46. The monoisotopic (exact) mass is 643 g/mol. The van der Waals surface area contributed by atoms with Gasteiger partial charge in [0.05, 0.1) is 16.3 Å². The van der Waals surface area contributed by atoms with Crippen molar-refractivity contribution in [3.8, 4) is 17.2 Å². The van der Waals surface area contributed by atoms with E-state index in [4.69, 9.17) is 14.6 Å². The molecule has 0 unspecified atom stereocenters. The van der Waals surface area contributed by atoms with Crippen LogP contribution < -0.4 is 20.1 Å². The van der Waals surface area contributed by atoms with Gasteiger partial charge in [-0.05, 0) is 74.1 Å². The number of hydrogen-bond donors (Lipinski definition) is 2. The molecule has 2 amide bonds. The van der Waals surface area contributed by atoms with Crippen LogP contribution in [-0.4, -0.2) is 54.8 Å². The largest absolute Gasteiger partial charge is 0.486 e. The van der Waals surface area contributed by atoms with Gasteiger partial charge < -0.3 is 14.8 Å². The molecule has 0 aliphatic carbocycles. The molecule has 0 saturated carbocycles. The molecule has 0 bridgehead atoms. The van der Waals surface area contributed by atoms with Crippen LogP contribution in [0, 0.1) is 12.8 Å². The van der Waals surface area contributed by atoms with Gasteiger partial charge >= 0.3 is 6.03 Å². The first-order chi connectivity index (χ1) is 22.0. The maximum atomic E-state index is 13.4. The summed E-state index contributed by atoms with van der Waals surface area (Å²) in [6.45, 7) is 10.1. The number of carbonyl (C=O) groups is 1. The van der Waals surface area contributed by atoms with Crippen molar-refractivity contribution >= 4 is 27.6 Å². The molecular weight excluding hydrogens is 602 g/mol. The third kappa shape index (κ3) is 7.05. The minimum atomic E-state index is -3.63. The van der Waals surface area contributed by atoms with E-state index in [0.29, 0.717) is 55.2 Å².